The Morgan fingerprint density at radius 2 is 1.83 bits per heavy atom. The molecule has 0 aliphatic carbocycles. The topological polar surface area (TPSA) is 0 Å². The highest BCUT2D eigenvalue weighted by atomic mass is 79.9. The van der Waals surface area contributed by atoms with Gasteiger partial charge in [-0.05, 0) is 30.8 Å². The molecular weight excluding hydrogens is 252 g/mol. The molecule has 1 aliphatic heterocycles. The minimum atomic E-state index is 0.925. The van der Waals surface area contributed by atoms with Crippen molar-refractivity contribution in [3.63, 3.8) is 0 Å². The molecule has 12 heavy (non-hydrogen) atoms. The number of thioether (sulfide) groups is 2. The van der Waals surface area contributed by atoms with Gasteiger partial charge >= 0.3 is 0 Å². The number of rotatable bonds is 5. The van der Waals surface area contributed by atoms with Gasteiger partial charge in [0.15, 0.2) is 0 Å². The van der Waals surface area contributed by atoms with Gasteiger partial charge in [-0.2, -0.15) is 0 Å². The molecule has 0 aromatic rings. The van der Waals surface area contributed by atoms with E-state index in [4.69, 9.17) is 0 Å². The lowest BCUT2D eigenvalue weighted by Gasteiger charge is -2.20. The molecular formula is C9H17BrS2. The van der Waals surface area contributed by atoms with Crippen LogP contribution in [0.1, 0.15) is 32.1 Å². The quantitative estimate of drug-likeness (QED) is 0.543. The normalized spacial score (nSPS) is 19.8. The van der Waals surface area contributed by atoms with E-state index in [9.17, 15) is 0 Å². The summed E-state index contributed by atoms with van der Waals surface area (Å²) in [6, 6.07) is 0. The minimum Gasteiger partial charge on any atom is -0.148 e. The fourth-order valence-corrected chi connectivity index (χ4v) is 4.64. The number of unbranched alkanes of at least 4 members (excludes halogenated alkanes) is 2. The van der Waals surface area contributed by atoms with Crippen LogP contribution in [0.2, 0.25) is 0 Å². The second-order valence-corrected chi connectivity index (χ2v) is 6.78. The molecule has 0 aromatic heterocycles. The van der Waals surface area contributed by atoms with E-state index >= 15 is 0 Å². The number of alkyl halides is 1. The first-order chi connectivity index (χ1) is 5.93. The smallest absolute Gasteiger partial charge is 0.0502 e. The standard InChI is InChI=1S/C9H17BrS2/c10-6-3-1-2-5-9-11-7-4-8-12-9/h9H,1-8H2. The Hall–Kier alpha value is 1.18. The molecule has 0 amide bonds. The molecule has 1 aliphatic rings. The van der Waals surface area contributed by atoms with Crippen LogP contribution in [0.25, 0.3) is 0 Å². The first-order valence-corrected chi connectivity index (χ1v) is 7.94. The van der Waals surface area contributed by atoms with Crippen molar-refractivity contribution in [2.45, 2.75) is 36.7 Å². The van der Waals surface area contributed by atoms with Crippen LogP contribution in [-0.4, -0.2) is 21.4 Å². The van der Waals surface area contributed by atoms with Crippen LogP contribution in [0, 0.1) is 0 Å². The molecule has 0 nitrogen and oxygen atoms in total. The zero-order valence-electron chi connectivity index (χ0n) is 7.43. The van der Waals surface area contributed by atoms with Gasteiger partial charge in [0.2, 0.25) is 0 Å². The Morgan fingerprint density at radius 1 is 1.08 bits per heavy atom. The maximum Gasteiger partial charge on any atom is 0.0502 e. The molecule has 0 spiro atoms. The van der Waals surface area contributed by atoms with E-state index < -0.39 is 0 Å². The highest BCUT2D eigenvalue weighted by Gasteiger charge is 2.13. The summed E-state index contributed by atoms with van der Waals surface area (Å²) in [6.45, 7) is 0. The zero-order valence-corrected chi connectivity index (χ0v) is 10.6. The first kappa shape index (κ1) is 11.3. The molecule has 0 bridgehead atoms. The van der Waals surface area contributed by atoms with Crippen molar-refractivity contribution in [1.82, 2.24) is 0 Å². The van der Waals surface area contributed by atoms with Crippen LogP contribution in [0.4, 0.5) is 0 Å². The molecule has 3 heteroatoms. The third-order valence-corrected chi connectivity index (χ3v) is 5.61. The van der Waals surface area contributed by atoms with Crippen molar-refractivity contribution in [2.24, 2.45) is 0 Å². The third-order valence-electron chi connectivity index (χ3n) is 1.97. The van der Waals surface area contributed by atoms with Gasteiger partial charge in [0, 0.05) is 5.33 Å². The van der Waals surface area contributed by atoms with Gasteiger partial charge < -0.3 is 0 Å². The molecule has 1 rings (SSSR count). The van der Waals surface area contributed by atoms with E-state index in [0.29, 0.717) is 0 Å². The van der Waals surface area contributed by atoms with Gasteiger partial charge in [0.05, 0.1) is 4.58 Å². The molecule has 0 radical (unpaired) electrons. The van der Waals surface area contributed by atoms with Crippen LogP contribution in [-0.2, 0) is 0 Å². The molecule has 1 saturated heterocycles. The van der Waals surface area contributed by atoms with Crippen LogP contribution >= 0.6 is 39.5 Å². The van der Waals surface area contributed by atoms with E-state index in [2.05, 4.69) is 39.5 Å². The molecule has 0 N–H and O–H groups in total. The summed E-state index contributed by atoms with van der Waals surface area (Å²) in [5.74, 6) is 2.80. The van der Waals surface area contributed by atoms with Crippen molar-refractivity contribution < 1.29 is 0 Å². The van der Waals surface area contributed by atoms with Crippen molar-refractivity contribution in [2.75, 3.05) is 16.8 Å². The van der Waals surface area contributed by atoms with Crippen LogP contribution in [0.3, 0.4) is 0 Å². The lowest BCUT2D eigenvalue weighted by atomic mass is 10.2. The lowest BCUT2D eigenvalue weighted by Crippen LogP contribution is -2.06. The Morgan fingerprint density at radius 3 is 2.50 bits per heavy atom. The minimum absolute atomic E-state index is 0.925. The third kappa shape index (κ3) is 5.03. The van der Waals surface area contributed by atoms with Crippen LogP contribution in [0.15, 0.2) is 0 Å². The Balaban J connectivity index is 1.91. The molecule has 0 unspecified atom stereocenters. The van der Waals surface area contributed by atoms with Gasteiger partial charge in [-0.25, -0.2) is 0 Å². The maximum absolute atomic E-state index is 3.47. The highest BCUT2D eigenvalue weighted by Crippen LogP contribution is 2.33. The van der Waals surface area contributed by atoms with Crippen molar-refractivity contribution in [3.8, 4) is 0 Å². The number of halogens is 1. The summed E-state index contributed by atoms with van der Waals surface area (Å²) in [5, 5.41) is 1.18. The van der Waals surface area contributed by atoms with Crippen molar-refractivity contribution in [1.29, 1.82) is 0 Å². The predicted octanol–water partition coefficient (Wildman–Crippen LogP) is 4.14. The second kappa shape index (κ2) is 7.57. The second-order valence-electron chi connectivity index (χ2n) is 3.06. The number of hydrogen-bond acceptors (Lipinski definition) is 2. The molecule has 0 aromatic carbocycles. The van der Waals surface area contributed by atoms with Gasteiger partial charge in [-0.1, -0.05) is 28.8 Å². The van der Waals surface area contributed by atoms with Crippen LogP contribution in [0.5, 0.6) is 0 Å². The largest absolute Gasteiger partial charge is 0.148 e. The summed E-state index contributed by atoms with van der Waals surface area (Å²) >= 11 is 7.81. The summed E-state index contributed by atoms with van der Waals surface area (Å²) in [6.07, 6.45) is 7.04. The fraction of sp³-hybridized carbons (Fsp3) is 1.00. The van der Waals surface area contributed by atoms with Gasteiger partial charge in [0.1, 0.15) is 0 Å². The zero-order chi connectivity index (χ0) is 8.65. The van der Waals surface area contributed by atoms with E-state index in [1.807, 2.05) is 0 Å². The summed E-state index contributed by atoms with van der Waals surface area (Å²) < 4.78 is 0.925. The molecule has 0 saturated carbocycles. The Kier molecular flexibility index (Phi) is 7.10. The van der Waals surface area contributed by atoms with E-state index in [1.165, 1.54) is 48.9 Å². The van der Waals surface area contributed by atoms with Gasteiger partial charge in [0.25, 0.3) is 0 Å². The van der Waals surface area contributed by atoms with Gasteiger partial charge in [-0.3, -0.25) is 0 Å². The molecule has 1 fully saturated rings. The van der Waals surface area contributed by atoms with Crippen molar-refractivity contribution in [3.05, 3.63) is 0 Å². The van der Waals surface area contributed by atoms with E-state index in [0.717, 1.165) is 4.58 Å². The van der Waals surface area contributed by atoms with Gasteiger partial charge in [-0.15, -0.1) is 23.5 Å². The predicted molar refractivity (Wildman–Crippen MR) is 65.6 cm³/mol. The average Bonchev–Trinajstić information content (AvgIpc) is 2.14. The lowest BCUT2D eigenvalue weighted by molar-refractivity contribution is 0.701. The highest BCUT2D eigenvalue weighted by molar-refractivity contribution is 9.09. The molecule has 72 valence electrons. The van der Waals surface area contributed by atoms with Crippen LogP contribution < -0.4 is 0 Å². The maximum atomic E-state index is 3.47. The Bertz CT molecular complexity index is 103. The SMILES string of the molecule is BrCCCCCC1SCCCS1. The summed E-state index contributed by atoms with van der Waals surface area (Å²) in [7, 11) is 0. The monoisotopic (exact) mass is 268 g/mol. The molecule has 1 heterocycles. The first-order valence-electron chi connectivity index (χ1n) is 4.72. The summed E-state index contributed by atoms with van der Waals surface area (Å²) in [4.78, 5) is 0. The fourth-order valence-electron chi connectivity index (χ4n) is 1.29. The van der Waals surface area contributed by atoms with E-state index in [1.54, 1.807) is 0 Å². The molecule has 0 atom stereocenters. The average molecular weight is 269 g/mol. The van der Waals surface area contributed by atoms with Crippen molar-refractivity contribution >= 4 is 39.5 Å². The number of hydrogen-bond donors (Lipinski definition) is 0. The summed E-state index contributed by atoms with van der Waals surface area (Å²) in [5.41, 5.74) is 0. The van der Waals surface area contributed by atoms with E-state index in [-0.39, 0.29) is 0 Å². The Labute approximate surface area is 92.8 Å².